The smallest absolute Gasteiger partial charge is 0.389 e. The van der Waals surface area contributed by atoms with E-state index < -0.39 is 23.7 Å². The van der Waals surface area contributed by atoms with E-state index in [0.717, 1.165) is 12.3 Å². The molecule has 0 spiro atoms. The molecular formula is C19H20F3N5O2S. The van der Waals surface area contributed by atoms with Gasteiger partial charge in [-0.15, -0.1) is 11.3 Å². The zero-order chi connectivity index (χ0) is 21.9. The SMILES string of the molecule is Cc1cc(-c2ccc(C(F)(F)F)cn2)[nH]c1C(=O)NC(CCN)c1csc(CO)n1. The standard InChI is InChI=1S/C19H20F3N5O2S/c1-10-6-14(12-3-2-11(7-24-12)19(20,21)22)26-17(10)18(29)27-13(4-5-23)15-9-30-16(8-28)25-15/h2-3,6-7,9,13,26,28H,4-5,8,23H2,1H3,(H,27,29). The lowest BCUT2D eigenvalue weighted by molar-refractivity contribution is -0.137. The molecule has 1 atom stereocenters. The Morgan fingerprint density at radius 2 is 2.17 bits per heavy atom. The van der Waals surface area contributed by atoms with Crippen LogP contribution in [-0.2, 0) is 12.8 Å². The summed E-state index contributed by atoms with van der Waals surface area (Å²) in [6.45, 7) is 1.85. The van der Waals surface area contributed by atoms with Gasteiger partial charge < -0.3 is 21.1 Å². The number of halogens is 3. The van der Waals surface area contributed by atoms with Crippen LogP contribution in [0.25, 0.3) is 11.4 Å². The lowest BCUT2D eigenvalue weighted by Crippen LogP contribution is -2.31. The summed E-state index contributed by atoms with van der Waals surface area (Å²) >= 11 is 1.28. The fourth-order valence-corrected chi connectivity index (χ4v) is 3.61. The highest BCUT2D eigenvalue weighted by Gasteiger charge is 2.30. The predicted molar refractivity (Wildman–Crippen MR) is 106 cm³/mol. The fourth-order valence-electron chi connectivity index (χ4n) is 2.90. The normalized spacial score (nSPS) is 12.7. The Balaban J connectivity index is 1.80. The summed E-state index contributed by atoms with van der Waals surface area (Å²) in [6.07, 6.45) is -3.26. The van der Waals surface area contributed by atoms with Crippen molar-refractivity contribution in [2.45, 2.75) is 32.2 Å². The molecule has 3 rings (SSSR count). The minimum Gasteiger partial charge on any atom is -0.389 e. The summed E-state index contributed by atoms with van der Waals surface area (Å²) in [5, 5.41) is 14.4. The van der Waals surface area contributed by atoms with E-state index in [2.05, 4.69) is 20.3 Å². The van der Waals surface area contributed by atoms with Crippen molar-refractivity contribution in [1.82, 2.24) is 20.3 Å². The van der Waals surface area contributed by atoms with Gasteiger partial charge in [-0.25, -0.2) is 4.98 Å². The number of amides is 1. The maximum Gasteiger partial charge on any atom is 0.417 e. The van der Waals surface area contributed by atoms with Crippen LogP contribution in [0.5, 0.6) is 0 Å². The molecule has 5 N–H and O–H groups in total. The summed E-state index contributed by atoms with van der Waals surface area (Å²) < 4.78 is 38.1. The summed E-state index contributed by atoms with van der Waals surface area (Å²) in [5.74, 6) is -0.400. The summed E-state index contributed by atoms with van der Waals surface area (Å²) in [4.78, 5) is 23.9. The van der Waals surface area contributed by atoms with Crippen molar-refractivity contribution in [3.63, 3.8) is 0 Å². The number of aryl methyl sites for hydroxylation is 1. The van der Waals surface area contributed by atoms with Gasteiger partial charge in [0.15, 0.2) is 0 Å². The number of aliphatic hydroxyl groups is 1. The molecule has 3 heterocycles. The number of aliphatic hydroxyl groups excluding tert-OH is 1. The second kappa shape index (κ2) is 8.94. The lowest BCUT2D eigenvalue weighted by Gasteiger charge is -2.16. The Hall–Kier alpha value is -2.76. The van der Waals surface area contributed by atoms with Crippen LogP contribution in [0.1, 0.15) is 44.8 Å². The number of pyridine rings is 1. The highest BCUT2D eigenvalue weighted by atomic mass is 32.1. The lowest BCUT2D eigenvalue weighted by atomic mass is 10.1. The van der Waals surface area contributed by atoms with Gasteiger partial charge in [-0.1, -0.05) is 0 Å². The van der Waals surface area contributed by atoms with Crippen LogP contribution < -0.4 is 11.1 Å². The summed E-state index contributed by atoms with van der Waals surface area (Å²) in [6, 6.07) is 3.40. The Kier molecular flexibility index (Phi) is 6.54. The number of carbonyl (C=O) groups excluding carboxylic acids is 1. The number of hydrogen-bond acceptors (Lipinski definition) is 6. The third-order valence-corrected chi connectivity index (χ3v) is 5.28. The number of nitrogens with two attached hydrogens (primary N) is 1. The number of aromatic nitrogens is 3. The molecule has 11 heteroatoms. The third kappa shape index (κ3) is 4.86. The zero-order valence-corrected chi connectivity index (χ0v) is 16.8. The Labute approximate surface area is 174 Å². The van der Waals surface area contributed by atoms with Crippen LogP contribution in [0.3, 0.4) is 0 Å². The first kappa shape index (κ1) is 21.9. The molecule has 0 bridgehead atoms. The Morgan fingerprint density at radius 3 is 2.73 bits per heavy atom. The van der Waals surface area contributed by atoms with E-state index >= 15 is 0 Å². The molecular weight excluding hydrogens is 419 g/mol. The van der Waals surface area contributed by atoms with Gasteiger partial charge in [0.2, 0.25) is 0 Å². The number of rotatable bonds is 7. The monoisotopic (exact) mass is 439 g/mol. The van der Waals surface area contributed by atoms with Crippen LogP contribution in [0, 0.1) is 6.92 Å². The van der Waals surface area contributed by atoms with E-state index in [1.54, 1.807) is 18.4 Å². The van der Waals surface area contributed by atoms with Gasteiger partial charge in [0.25, 0.3) is 5.91 Å². The maximum absolute atomic E-state index is 12.8. The molecule has 1 amide bonds. The molecule has 160 valence electrons. The number of nitrogens with zero attached hydrogens (tertiary/aromatic N) is 2. The van der Waals surface area contributed by atoms with Gasteiger partial charge in [-0.3, -0.25) is 9.78 Å². The van der Waals surface area contributed by atoms with E-state index in [-0.39, 0.29) is 18.0 Å². The van der Waals surface area contributed by atoms with Crippen LogP contribution in [0.2, 0.25) is 0 Å². The predicted octanol–water partition coefficient (Wildman–Crippen LogP) is 3.17. The molecule has 30 heavy (non-hydrogen) atoms. The average molecular weight is 439 g/mol. The van der Waals surface area contributed by atoms with Crippen molar-refractivity contribution in [3.8, 4) is 11.4 Å². The van der Waals surface area contributed by atoms with Crippen LogP contribution in [0.15, 0.2) is 29.8 Å². The molecule has 0 aliphatic heterocycles. The number of alkyl halides is 3. The highest BCUT2D eigenvalue weighted by Crippen LogP contribution is 2.30. The Bertz CT molecular complexity index is 1010. The molecule has 0 aromatic carbocycles. The number of thiazole rings is 1. The van der Waals surface area contributed by atoms with Crippen molar-refractivity contribution < 1.29 is 23.1 Å². The van der Waals surface area contributed by atoms with Crippen molar-refractivity contribution in [2.24, 2.45) is 5.73 Å². The van der Waals surface area contributed by atoms with Crippen molar-refractivity contribution in [3.05, 3.63) is 57.3 Å². The molecule has 0 aliphatic rings. The van der Waals surface area contributed by atoms with E-state index in [1.165, 1.54) is 17.4 Å². The minimum atomic E-state index is -4.47. The van der Waals surface area contributed by atoms with Crippen molar-refractivity contribution >= 4 is 17.2 Å². The molecule has 1 unspecified atom stereocenters. The van der Waals surface area contributed by atoms with Gasteiger partial charge in [-0.2, -0.15) is 13.2 Å². The third-order valence-electron chi connectivity index (χ3n) is 4.43. The molecule has 0 saturated heterocycles. The largest absolute Gasteiger partial charge is 0.417 e. The first-order chi connectivity index (χ1) is 14.2. The minimum absolute atomic E-state index is 0.187. The number of carbonyl (C=O) groups is 1. The van der Waals surface area contributed by atoms with Gasteiger partial charge in [0.05, 0.1) is 35.3 Å². The van der Waals surface area contributed by atoms with Gasteiger partial charge in [0, 0.05) is 11.6 Å². The molecule has 0 fully saturated rings. The highest BCUT2D eigenvalue weighted by molar-refractivity contribution is 7.09. The first-order valence-electron chi connectivity index (χ1n) is 9.02. The van der Waals surface area contributed by atoms with Crippen LogP contribution >= 0.6 is 11.3 Å². The summed E-state index contributed by atoms with van der Waals surface area (Å²) in [7, 11) is 0. The quantitative estimate of drug-likeness (QED) is 0.451. The molecule has 0 radical (unpaired) electrons. The molecule has 3 aromatic rings. The van der Waals surface area contributed by atoms with E-state index in [9.17, 15) is 23.1 Å². The molecule has 7 nitrogen and oxygen atoms in total. The van der Waals surface area contributed by atoms with Crippen LogP contribution in [0.4, 0.5) is 13.2 Å². The zero-order valence-electron chi connectivity index (χ0n) is 16.0. The topological polar surface area (TPSA) is 117 Å². The Morgan fingerprint density at radius 1 is 1.40 bits per heavy atom. The second-order valence-corrected chi connectivity index (χ2v) is 7.54. The molecule has 3 aromatic heterocycles. The number of nitrogens with one attached hydrogen (secondary N) is 2. The van der Waals surface area contributed by atoms with E-state index in [4.69, 9.17) is 5.73 Å². The number of aromatic amines is 1. The average Bonchev–Trinajstić information content (AvgIpc) is 3.34. The van der Waals surface area contributed by atoms with Crippen LogP contribution in [-0.4, -0.2) is 32.5 Å². The van der Waals surface area contributed by atoms with Gasteiger partial charge in [0.1, 0.15) is 10.7 Å². The van der Waals surface area contributed by atoms with E-state index in [1.807, 2.05) is 0 Å². The maximum atomic E-state index is 12.8. The number of H-pyrrole nitrogens is 1. The van der Waals surface area contributed by atoms with Crippen molar-refractivity contribution in [1.29, 1.82) is 0 Å². The first-order valence-corrected chi connectivity index (χ1v) is 9.90. The fraction of sp³-hybridized carbons (Fsp3) is 0.316. The molecule has 0 aliphatic carbocycles. The van der Waals surface area contributed by atoms with Crippen molar-refractivity contribution in [2.75, 3.05) is 6.54 Å². The molecule has 0 saturated carbocycles. The van der Waals surface area contributed by atoms with Gasteiger partial charge >= 0.3 is 6.18 Å². The van der Waals surface area contributed by atoms with E-state index in [0.29, 0.717) is 34.9 Å². The number of hydrogen-bond donors (Lipinski definition) is 4. The second-order valence-electron chi connectivity index (χ2n) is 6.60. The summed E-state index contributed by atoms with van der Waals surface area (Å²) in [5.41, 5.74) is 7.02. The van der Waals surface area contributed by atoms with Gasteiger partial charge in [-0.05, 0) is 43.7 Å².